The fourth-order valence-corrected chi connectivity index (χ4v) is 3.86. The van der Waals surface area contributed by atoms with Crippen molar-refractivity contribution in [1.82, 2.24) is 15.1 Å². The number of amides is 1. The van der Waals surface area contributed by atoms with Crippen molar-refractivity contribution in [3.63, 3.8) is 0 Å². The number of fused-ring (bicyclic) bond motifs is 1. The van der Waals surface area contributed by atoms with Gasteiger partial charge in [0.05, 0.1) is 32.7 Å². The van der Waals surface area contributed by atoms with Crippen LogP contribution in [0.1, 0.15) is 40.2 Å². The molecule has 8 nitrogen and oxygen atoms in total. The van der Waals surface area contributed by atoms with Crippen molar-refractivity contribution in [2.45, 2.75) is 31.1 Å². The van der Waals surface area contributed by atoms with Crippen LogP contribution in [0.4, 0.5) is 19.0 Å². The number of nitrogens with one attached hydrogen (secondary N) is 2. The summed E-state index contributed by atoms with van der Waals surface area (Å²) in [5, 5.41) is 9.59. The SMILES string of the molecule is COc1ccc(CCNC(=O)c2cnn3c2N[C@@H](c2ccco2)C[C@@H]3C(F)(F)F)cc1OC. The molecule has 2 N–H and O–H groups in total. The molecule has 2 aromatic heterocycles. The van der Waals surface area contributed by atoms with Gasteiger partial charge in [-0.05, 0) is 36.2 Å². The van der Waals surface area contributed by atoms with E-state index in [-0.39, 0.29) is 24.3 Å². The first-order valence-corrected chi connectivity index (χ1v) is 10.2. The molecule has 1 aliphatic heterocycles. The third kappa shape index (κ3) is 4.62. The summed E-state index contributed by atoms with van der Waals surface area (Å²) in [6.07, 6.45) is -1.80. The molecule has 0 fully saturated rings. The fraction of sp³-hybridized carbons (Fsp3) is 0.364. The number of rotatable bonds is 7. The van der Waals surface area contributed by atoms with Crippen molar-refractivity contribution in [2.75, 3.05) is 26.1 Å². The van der Waals surface area contributed by atoms with Gasteiger partial charge in [0, 0.05) is 13.0 Å². The van der Waals surface area contributed by atoms with Gasteiger partial charge < -0.3 is 24.5 Å². The topological polar surface area (TPSA) is 90.5 Å². The van der Waals surface area contributed by atoms with Gasteiger partial charge in [0.15, 0.2) is 17.5 Å². The van der Waals surface area contributed by atoms with Crippen LogP contribution in [0.2, 0.25) is 0 Å². The number of carbonyl (C=O) groups excluding carboxylic acids is 1. The smallest absolute Gasteiger partial charge is 0.410 e. The van der Waals surface area contributed by atoms with Crippen LogP contribution in [0.25, 0.3) is 0 Å². The number of carbonyl (C=O) groups is 1. The highest BCUT2D eigenvalue weighted by molar-refractivity contribution is 5.98. The summed E-state index contributed by atoms with van der Waals surface area (Å²) in [5.74, 6) is 1.00. The predicted molar refractivity (Wildman–Crippen MR) is 113 cm³/mol. The van der Waals surface area contributed by atoms with Crippen LogP contribution >= 0.6 is 0 Å². The first-order valence-electron chi connectivity index (χ1n) is 10.2. The summed E-state index contributed by atoms with van der Waals surface area (Å²) in [5.41, 5.74) is 0.936. The maximum absolute atomic E-state index is 13.7. The lowest BCUT2D eigenvalue weighted by molar-refractivity contribution is -0.174. The number of methoxy groups -OCH3 is 2. The number of benzene rings is 1. The number of hydrogen-bond donors (Lipinski definition) is 2. The molecule has 0 radical (unpaired) electrons. The maximum Gasteiger partial charge on any atom is 0.410 e. The Labute approximate surface area is 187 Å². The second-order valence-corrected chi connectivity index (χ2v) is 7.55. The van der Waals surface area contributed by atoms with Gasteiger partial charge in [0.25, 0.3) is 5.91 Å². The van der Waals surface area contributed by atoms with E-state index < -0.39 is 24.2 Å². The van der Waals surface area contributed by atoms with Crippen LogP contribution in [-0.4, -0.2) is 42.6 Å². The van der Waals surface area contributed by atoms with Gasteiger partial charge in [-0.25, -0.2) is 4.68 Å². The van der Waals surface area contributed by atoms with Crippen molar-refractivity contribution in [2.24, 2.45) is 0 Å². The van der Waals surface area contributed by atoms with Crippen molar-refractivity contribution >= 4 is 11.7 Å². The third-order valence-corrected chi connectivity index (χ3v) is 5.52. The maximum atomic E-state index is 13.7. The Morgan fingerprint density at radius 1 is 1.27 bits per heavy atom. The Hall–Kier alpha value is -3.63. The fourth-order valence-electron chi connectivity index (χ4n) is 3.86. The first-order chi connectivity index (χ1) is 15.8. The van der Waals surface area contributed by atoms with Gasteiger partial charge in [-0.1, -0.05) is 6.07 Å². The quantitative estimate of drug-likeness (QED) is 0.547. The monoisotopic (exact) mass is 464 g/mol. The largest absolute Gasteiger partial charge is 0.493 e. The van der Waals surface area contributed by atoms with Gasteiger partial charge >= 0.3 is 6.18 Å². The Kier molecular flexibility index (Phi) is 6.21. The van der Waals surface area contributed by atoms with Crippen LogP contribution < -0.4 is 20.1 Å². The Bertz CT molecular complexity index is 1110. The molecule has 0 bridgehead atoms. The van der Waals surface area contributed by atoms with E-state index >= 15 is 0 Å². The molecule has 0 unspecified atom stereocenters. The van der Waals surface area contributed by atoms with Crippen LogP contribution in [0, 0.1) is 0 Å². The summed E-state index contributed by atoms with van der Waals surface area (Å²) in [6.45, 7) is 0.267. The molecule has 1 aliphatic rings. The number of furan rings is 1. The number of ether oxygens (including phenoxy) is 2. The van der Waals surface area contributed by atoms with E-state index in [4.69, 9.17) is 13.9 Å². The number of hydrogen-bond acceptors (Lipinski definition) is 6. The molecule has 11 heteroatoms. The molecule has 3 heterocycles. The minimum absolute atomic E-state index is 0.00796. The molecule has 33 heavy (non-hydrogen) atoms. The second kappa shape index (κ2) is 9.08. The van der Waals surface area contributed by atoms with Crippen molar-refractivity contribution < 1.29 is 31.9 Å². The van der Waals surface area contributed by atoms with E-state index in [0.29, 0.717) is 23.7 Å². The minimum atomic E-state index is -4.53. The van der Waals surface area contributed by atoms with E-state index in [9.17, 15) is 18.0 Å². The van der Waals surface area contributed by atoms with Crippen molar-refractivity contribution in [1.29, 1.82) is 0 Å². The molecule has 1 amide bonds. The highest BCUT2D eigenvalue weighted by Crippen LogP contribution is 2.44. The molecule has 4 rings (SSSR count). The summed E-state index contributed by atoms with van der Waals surface area (Å²) in [7, 11) is 3.07. The molecule has 2 atom stereocenters. The Balaban J connectivity index is 1.49. The number of aromatic nitrogens is 2. The van der Waals surface area contributed by atoms with Gasteiger partial charge in [-0.3, -0.25) is 4.79 Å². The van der Waals surface area contributed by atoms with E-state index in [0.717, 1.165) is 16.4 Å². The van der Waals surface area contributed by atoms with Gasteiger partial charge in [0.1, 0.15) is 17.1 Å². The average molecular weight is 464 g/mol. The van der Waals surface area contributed by atoms with Crippen molar-refractivity contribution in [3.05, 3.63) is 59.7 Å². The van der Waals surface area contributed by atoms with E-state index in [2.05, 4.69) is 15.7 Å². The standard InChI is InChI=1S/C22H23F3N4O4/c1-31-17-6-5-13(10-18(17)32-2)7-8-26-21(30)14-12-27-29-19(22(23,24)25)11-15(28-20(14)29)16-4-3-9-33-16/h3-6,9-10,12,15,19,28H,7-8,11H2,1-2H3,(H,26,30)/t15-,19-/m1/s1. The summed E-state index contributed by atoms with van der Waals surface area (Å²) >= 11 is 0. The van der Waals surface area contributed by atoms with E-state index in [1.165, 1.54) is 20.5 Å². The van der Waals surface area contributed by atoms with Crippen LogP contribution in [0.3, 0.4) is 0 Å². The lowest BCUT2D eigenvalue weighted by Crippen LogP contribution is -2.36. The van der Waals surface area contributed by atoms with Crippen LogP contribution in [0.15, 0.2) is 47.2 Å². The molecule has 0 aliphatic carbocycles. The second-order valence-electron chi connectivity index (χ2n) is 7.55. The van der Waals surface area contributed by atoms with Crippen molar-refractivity contribution in [3.8, 4) is 11.5 Å². The first kappa shape index (κ1) is 22.6. The molecule has 0 saturated carbocycles. The van der Waals surface area contributed by atoms with E-state index in [1.54, 1.807) is 24.3 Å². The lowest BCUT2D eigenvalue weighted by atomic mass is 10.0. The predicted octanol–water partition coefficient (Wildman–Crippen LogP) is 4.13. The normalized spacial score (nSPS) is 17.7. The number of alkyl halides is 3. The molecule has 3 aromatic rings. The number of anilines is 1. The average Bonchev–Trinajstić information content (AvgIpc) is 3.47. The number of nitrogens with zero attached hydrogens (tertiary/aromatic N) is 2. The van der Waals surface area contributed by atoms with Crippen LogP contribution in [0.5, 0.6) is 11.5 Å². The zero-order valence-corrected chi connectivity index (χ0v) is 18.0. The molecule has 176 valence electrons. The van der Waals surface area contributed by atoms with Gasteiger partial charge in [-0.2, -0.15) is 18.3 Å². The minimum Gasteiger partial charge on any atom is -0.493 e. The molecule has 1 aromatic carbocycles. The number of halogens is 3. The van der Waals surface area contributed by atoms with Gasteiger partial charge in [-0.15, -0.1) is 0 Å². The lowest BCUT2D eigenvalue weighted by Gasteiger charge is -2.32. The summed E-state index contributed by atoms with van der Waals surface area (Å²) < 4.78 is 57.7. The van der Waals surface area contributed by atoms with Gasteiger partial charge in [0.2, 0.25) is 0 Å². The third-order valence-electron chi connectivity index (χ3n) is 5.52. The molecule has 0 spiro atoms. The Morgan fingerprint density at radius 3 is 2.73 bits per heavy atom. The van der Waals surface area contributed by atoms with E-state index in [1.807, 2.05) is 6.07 Å². The zero-order chi connectivity index (χ0) is 23.6. The zero-order valence-electron chi connectivity index (χ0n) is 18.0. The highest BCUT2D eigenvalue weighted by Gasteiger charge is 2.47. The summed E-state index contributed by atoms with van der Waals surface area (Å²) in [4.78, 5) is 12.8. The summed E-state index contributed by atoms with van der Waals surface area (Å²) in [6, 6.07) is 5.99. The highest BCUT2D eigenvalue weighted by atomic mass is 19.4. The molecule has 0 saturated heterocycles. The molecular formula is C22H23F3N4O4. The molecular weight excluding hydrogens is 441 g/mol. The van der Waals surface area contributed by atoms with Crippen LogP contribution in [-0.2, 0) is 6.42 Å². The Morgan fingerprint density at radius 2 is 2.06 bits per heavy atom.